The van der Waals surface area contributed by atoms with E-state index in [0.29, 0.717) is 38.4 Å². The van der Waals surface area contributed by atoms with Gasteiger partial charge in [0.05, 0.1) is 11.4 Å². The minimum absolute atomic E-state index is 0.120. The Labute approximate surface area is 231 Å². The van der Waals surface area contributed by atoms with Gasteiger partial charge >= 0.3 is 0 Å². The number of nitrogens with one attached hydrogen (secondary N) is 1. The number of carbonyl (C=O) groups excluding carboxylic acids is 1. The summed E-state index contributed by atoms with van der Waals surface area (Å²) in [5.74, 6) is 0.0217. The van der Waals surface area contributed by atoms with Crippen LogP contribution in [0.15, 0.2) is 102 Å². The highest BCUT2D eigenvalue weighted by molar-refractivity contribution is 7.97. The molecule has 0 fully saturated rings. The van der Waals surface area contributed by atoms with Crippen molar-refractivity contribution in [1.82, 2.24) is 0 Å². The first-order chi connectivity index (χ1) is 18.3. The van der Waals surface area contributed by atoms with Crippen LogP contribution in [0, 0.1) is 0 Å². The quantitative estimate of drug-likeness (QED) is 0.265. The number of sulfonamides is 1. The molecular formula is C29H22Cl2N2O4S. The second-order valence-electron chi connectivity index (χ2n) is 8.41. The average molecular weight is 565 g/mol. The zero-order chi connectivity index (χ0) is 26.9. The van der Waals surface area contributed by atoms with E-state index in [1.807, 2.05) is 24.3 Å². The Bertz CT molecular complexity index is 1660. The molecule has 5 rings (SSSR count). The van der Waals surface area contributed by atoms with Crippen LogP contribution in [0.3, 0.4) is 0 Å². The lowest BCUT2D eigenvalue weighted by Gasteiger charge is -2.33. The van der Waals surface area contributed by atoms with Crippen LogP contribution in [0.1, 0.15) is 18.1 Å². The zero-order valence-electron chi connectivity index (χ0n) is 20.2. The molecule has 4 aromatic carbocycles. The topological polar surface area (TPSA) is 75.7 Å². The summed E-state index contributed by atoms with van der Waals surface area (Å²) >= 11 is 12.6. The van der Waals surface area contributed by atoms with Gasteiger partial charge in [-0.15, -0.1) is 0 Å². The molecule has 0 bridgehead atoms. The fourth-order valence-corrected chi connectivity index (χ4v) is 6.46. The van der Waals surface area contributed by atoms with Crippen LogP contribution in [0.4, 0.5) is 11.4 Å². The van der Waals surface area contributed by atoms with Gasteiger partial charge < -0.3 is 10.1 Å². The molecule has 9 heteroatoms. The first-order valence-electron chi connectivity index (χ1n) is 11.8. The largest absolute Gasteiger partial charge is 0.455 e. The van der Waals surface area contributed by atoms with Crippen LogP contribution >= 0.6 is 23.2 Å². The maximum Gasteiger partial charge on any atom is 0.270 e. The van der Waals surface area contributed by atoms with E-state index < -0.39 is 20.8 Å². The van der Waals surface area contributed by atoms with E-state index >= 15 is 0 Å². The van der Waals surface area contributed by atoms with Crippen molar-refractivity contribution in [3.8, 4) is 11.5 Å². The first-order valence-corrected chi connectivity index (χ1v) is 14.0. The van der Waals surface area contributed by atoms with Gasteiger partial charge in [0.25, 0.3) is 15.9 Å². The van der Waals surface area contributed by atoms with Crippen molar-refractivity contribution in [3.05, 3.63) is 123 Å². The molecule has 1 amide bonds. The van der Waals surface area contributed by atoms with Crippen LogP contribution in [-0.4, -0.2) is 20.9 Å². The molecule has 1 aliphatic heterocycles. The van der Waals surface area contributed by atoms with Crippen molar-refractivity contribution in [2.24, 2.45) is 0 Å². The van der Waals surface area contributed by atoms with Gasteiger partial charge in [-0.3, -0.25) is 9.10 Å². The fraction of sp³-hybridized carbons (Fsp3) is 0.0690. The van der Waals surface area contributed by atoms with Crippen molar-refractivity contribution in [1.29, 1.82) is 0 Å². The van der Waals surface area contributed by atoms with Gasteiger partial charge in [-0.1, -0.05) is 71.7 Å². The molecule has 0 saturated carbocycles. The second-order valence-corrected chi connectivity index (χ2v) is 11.1. The lowest BCUT2D eigenvalue weighted by molar-refractivity contribution is -0.112. The number of amides is 1. The summed E-state index contributed by atoms with van der Waals surface area (Å²) in [6.45, 7) is 1.83. The highest BCUT2D eigenvalue weighted by Gasteiger charge is 2.41. The number of nitrogens with zero attached hydrogens (tertiary/aromatic N) is 1. The standard InChI is InChI=1S/C29H22Cl2N2O4S/c1-2-33-25-15-13-20(30)17-23(25)27(19-9-5-3-6-10-19)28(38(33,35)36)29(34)32-24-18-21(31)14-16-26(24)37-22-11-7-4-8-12-22/h3-18H,2H2,1H3,(H,32,34). The SMILES string of the molecule is CCN1c2ccc(Cl)cc2C(c2ccccc2)=C(C(=O)Nc2cc(Cl)ccc2Oc2ccccc2)S1(=O)=O. The number of anilines is 2. The minimum atomic E-state index is -4.26. The predicted octanol–water partition coefficient (Wildman–Crippen LogP) is 7.35. The van der Waals surface area contributed by atoms with Crippen LogP contribution in [0.5, 0.6) is 11.5 Å². The van der Waals surface area contributed by atoms with Crippen molar-refractivity contribution in [2.45, 2.75) is 6.92 Å². The summed E-state index contributed by atoms with van der Waals surface area (Å²) in [6.07, 6.45) is 0. The van der Waals surface area contributed by atoms with E-state index in [1.165, 1.54) is 10.4 Å². The summed E-state index contributed by atoms with van der Waals surface area (Å²) in [4.78, 5) is 13.5. The molecule has 1 heterocycles. The van der Waals surface area contributed by atoms with Crippen LogP contribution < -0.4 is 14.4 Å². The summed E-state index contributed by atoms with van der Waals surface area (Å²) in [5, 5.41) is 3.50. The summed E-state index contributed by atoms with van der Waals surface area (Å²) in [5.41, 5.74) is 2.03. The summed E-state index contributed by atoms with van der Waals surface area (Å²) in [7, 11) is -4.26. The number of halogens is 2. The van der Waals surface area contributed by atoms with Gasteiger partial charge in [0.1, 0.15) is 5.75 Å². The molecule has 0 unspecified atom stereocenters. The van der Waals surface area contributed by atoms with Crippen molar-refractivity contribution < 1.29 is 17.9 Å². The third-order valence-electron chi connectivity index (χ3n) is 5.99. The number of ether oxygens (including phenoxy) is 1. The van der Waals surface area contributed by atoms with Gasteiger partial charge in [-0.2, -0.15) is 0 Å². The first kappa shape index (κ1) is 25.9. The average Bonchev–Trinajstić information content (AvgIpc) is 2.90. The van der Waals surface area contributed by atoms with E-state index in [-0.39, 0.29) is 17.8 Å². The van der Waals surface area contributed by atoms with E-state index in [4.69, 9.17) is 27.9 Å². The van der Waals surface area contributed by atoms with Gasteiger partial charge in [0, 0.05) is 27.7 Å². The van der Waals surface area contributed by atoms with Crippen LogP contribution in [-0.2, 0) is 14.8 Å². The number of benzene rings is 4. The molecule has 38 heavy (non-hydrogen) atoms. The molecule has 1 aliphatic rings. The Morgan fingerprint density at radius 2 is 1.50 bits per heavy atom. The van der Waals surface area contributed by atoms with Gasteiger partial charge in [0.2, 0.25) is 0 Å². The van der Waals surface area contributed by atoms with Crippen molar-refractivity contribution in [2.75, 3.05) is 16.2 Å². The van der Waals surface area contributed by atoms with E-state index in [0.717, 1.165) is 0 Å². The van der Waals surface area contributed by atoms with Crippen LogP contribution in [0.2, 0.25) is 10.0 Å². The molecule has 0 radical (unpaired) electrons. The Kier molecular flexibility index (Phi) is 7.17. The molecule has 0 aromatic heterocycles. The van der Waals surface area contributed by atoms with Crippen molar-refractivity contribution >= 4 is 56.1 Å². The van der Waals surface area contributed by atoms with Gasteiger partial charge in [-0.25, -0.2) is 8.42 Å². The molecule has 0 saturated heterocycles. The molecule has 6 nitrogen and oxygen atoms in total. The number of rotatable bonds is 6. The maximum absolute atomic E-state index is 14.0. The molecule has 192 valence electrons. The van der Waals surface area contributed by atoms with Gasteiger partial charge in [-0.05, 0) is 61.0 Å². The van der Waals surface area contributed by atoms with Crippen LogP contribution in [0.25, 0.3) is 5.57 Å². The number of hydrogen-bond donors (Lipinski definition) is 1. The lowest BCUT2D eigenvalue weighted by atomic mass is 9.95. The molecule has 4 aromatic rings. The summed E-state index contributed by atoms with van der Waals surface area (Å²) < 4.78 is 35.1. The second kappa shape index (κ2) is 10.5. The monoisotopic (exact) mass is 564 g/mol. The van der Waals surface area contributed by atoms with E-state index in [9.17, 15) is 13.2 Å². The number of para-hydroxylation sites is 1. The Morgan fingerprint density at radius 1 is 0.868 bits per heavy atom. The predicted molar refractivity (Wildman–Crippen MR) is 152 cm³/mol. The fourth-order valence-electron chi connectivity index (χ4n) is 4.36. The van der Waals surface area contributed by atoms with Gasteiger partial charge in [0.15, 0.2) is 10.7 Å². The number of hydrogen-bond acceptors (Lipinski definition) is 4. The van der Waals surface area contributed by atoms with E-state index in [2.05, 4.69) is 5.32 Å². The highest BCUT2D eigenvalue weighted by Crippen LogP contribution is 2.44. The molecular weight excluding hydrogens is 543 g/mol. The Balaban J connectivity index is 1.69. The molecule has 0 aliphatic carbocycles. The highest BCUT2D eigenvalue weighted by atomic mass is 35.5. The molecule has 1 N–H and O–H groups in total. The zero-order valence-corrected chi connectivity index (χ0v) is 22.5. The normalized spacial score (nSPS) is 14.1. The van der Waals surface area contributed by atoms with E-state index in [1.54, 1.807) is 73.7 Å². The minimum Gasteiger partial charge on any atom is -0.455 e. The Morgan fingerprint density at radius 3 is 2.18 bits per heavy atom. The number of carbonyl (C=O) groups is 1. The third-order valence-corrected chi connectivity index (χ3v) is 8.40. The Hall–Kier alpha value is -3.78. The van der Waals surface area contributed by atoms with Crippen molar-refractivity contribution in [3.63, 3.8) is 0 Å². The smallest absolute Gasteiger partial charge is 0.270 e. The number of fused-ring (bicyclic) bond motifs is 1. The third kappa shape index (κ3) is 4.88. The molecule has 0 spiro atoms. The lowest BCUT2D eigenvalue weighted by Crippen LogP contribution is -2.39. The maximum atomic E-state index is 14.0. The molecule has 0 atom stereocenters. The summed E-state index contributed by atoms with van der Waals surface area (Å²) in [6, 6.07) is 27.6.